The first kappa shape index (κ1) is 14.8. The number of rotatable bonds is 3. The second-order valence-electron chi connectivity index (χ2n) is 6.69. The summed E-state index contributed by atoms with van der Waals surface area (Å²) >= 11 is 0. The summed E-state index contributed by atoms with van der Waals surface area (Å²) in [6.07, 6.45) is 2.50. The molecule has 2 aromatic rings. The number of likely N-dealkylation sites (tertiary alicyclic amines) is 1. The van der Waals surface area contributed by atoms with Crippen LogP contribution in [-0.4, -0.2) is 40.6 Å². The van der Waals surface area contributed by atoms with Gasteiger partial charge in [0.2, 0.25) is 12.7 Å². The first-order valence-electron chi connectivity index (χ1n) is 8.65. The Morgan fingerprint density at radius 2 is 1.96 bits per heavy atom. The molecular formula is C18H19N3O4. The fourth-order valence-corrected chi connectivity index (χ4v) is 3.65. The molecule has 0 aliphatic carbocycles. The number of benzene rings is 1. The summed E-state index contributed by atoms with van der Waals surface area (Å²) in [5, 5.41) is 0. The molecule has 0 bridgehead atoms. The van der Waals surface area contributed by atoms with Crippen molar-refractivity contribution in [2.24, 2.45) is 0 Å². The van der Waals surface area contributed by atoms with Crippen molar-refractivity contribution in [3.8, 4) is 11.5 Å². The van der Waals surface area contributed by atoms with Crippen LogP contribution in [0.4, 0.5) is 0 Å². The van der Waals surface area contributed by atoms with Crippen LogP contribution in [0.3, 0.4) is 0 Å². The van der Waals surface area contributed by atoms with Crippen LogP contribution >= 0.6 is 0 Å². The quantitative estimate of drug-likeness (QED) is 0.852. The zero-order valence-electron chi connectivity index (χ0n) is 13.9. The number of hydrogen-bond acceptors (Lipinski definition) is 6. The molecule has 0 radical (unpaired) electrons. The molecule has 7 heteroatoms. The molecule has 1 amide bonds. The molecule has 0 atom stereocenters. The van der Waals surface area contributed by atoms with Gasteiger partial charge < -0.3 is 18.8 Å². The Kier molecular flexibility index (Phi) is 3.41. The van der Waals surface area contributed by atoms with Crippen molar-refractivity contribution in [2.45, 2.75) is 32.5 Å². The molecule has 0 unspecified atom stereocenters. The molecule has 7 nitrogen and oxygen atoms in total. The molecule has 0 N–H and O–H groups in total. The molecule has 1 fully saturated rings. The number of oxazole rings is 1. The number of ether oxygens (including phenoxy) is 2. The fraction of sp³-hybridized carbons (Fsp3) is 0.444. The Hall–Kier alpha value is -2.54. The van der Waals surface area contributed by atoms with Crippen LogP contribution in [0.1, 0.15) is 40.5 Å². The van der Waals surface area contributed by atoms with Gasteiger partial charge in [0.15, 0.2) is 11.5 Å². The van der Waals surface area contributed by atoms with Crippen LogP contribution in [0.25, 0.3) is 0 Å². The highest BCUT2D eigenvalue weighted by molar-refractivity contribution is 5.95. The molecule has 25 heavy (non-hydrogen) atoms. The number of carbonyl (C=O) groups excluding carboxylic acids is 1. The Morgan fingerprint density at radius 1 is 1.12 bits per heavy atom. The molecule has 130 valence electrons. The summed E-state index contributed by atoms with van der Waals surface area (Å²) in [7, 11) is 0. The first-order chi connectivity index (χ1) is 12.3. The van der Waals surface area contributed by atoms with Crippen molar-refractivity contribution in [2.75, 3.05) is 19.9 Å². The maximum atomic E-state index is 12.7. The van der Waals surface area contributed by atoms with Gasteiger partial charge in [-0.25, -0.2) is 4.98 Å². The van der Waals surface area contributed by atoms with Gasteiger partial charge in [-0.3, -0.25) is 9.69 Å². The van der Waals surface area contributed by atoms with Crippen LogP contribution in [0.2, 0.25) is 0 Å². The van der Waals surface area contributed by atoms with Crippen LogP contribution in [0.5, 0.6) is 11.5 Å². The number of fused-ring (bicyclic) bond motifs is 2. The van der Waals surface area contributed by atoms with E-state index in [0.717, 1.165) is 37.0 Å². The van der Waals surface area contributed by atoms with Crippen molar-refractivity contribution in [3.05, 3.63) is 41.1 Å². The molecule has 5 rings (SSSR count). The average molecular weight is 341 g/mol. The molecule has 4 heterocycles. The number of amides is 1. The second-order valence-corrected chi connectivity index (χ2v) is 6.69. The van der Waals surface area contributed by atoms with Crippen molar-refractivity contribution < 1.29 is 18.7 Å². The van der Waals surface area contributed by atoms with Crippen molar-refractivity contribution >= 4 is 5.91 Å². The normalized spacial score (nSPS) is 18.8. The molecule has 3 aliphatic heterocycles. The SMILES string of the molecule is O=C(c1ccc2c(c1)OCO2)N1Cc2nc(CN3CCCC3)oc2C1. The topological polar surface area (TPSA) is 68.0 Å². The summed E-state index contributed by atoms with van der Waals surface area (Å²) in [5.74, 6) is 2.82. The monoisotopic (exact) mass is 341 g/mol. The minimum atomic E-state index is -0.0485. The lowest BCUT2D eigenvalue weighted by Gasteiger charge is -2.16. The summed E-state index contributed by atoms with van der Waals surface area (Å²) < 4.78 is 16.5. The van der Waals surface area contributed by atoms with Gasteiger partial charge in [0.05, 0.1) is 19.6 Å². The smallest absolute Gasteiger partial charge is 0.254 e. The number of nitrogens with zero attached hydrogens (tertiary/aromatic N) is 3. The van der Waals surface area contributed by atoms with Gasteiger partial charge in [-0.2, -0.15) is 0 Å². The maximum absolute atomic E-state index is 12.7. The lowest BCUT2D eigenvalue weighted by molar-refractivity contribution is 0.0740. The van der Waals surface area contributed by atoms with Crippen LogP contribution in [0.15, 0.2) is 22.6 Å². The third-order valence-electron chi connectivity index (χ3n) is 4.96. The zero-order chi connectivity index (χ0) is 16.8. The third-order valence-corrected chi connectivity index (χ3v) is 4.96. The van der Waals surface area contributed by atoms with E-state index in [1.165, 1.54) is 12.8 Å². The molecule has 3 aliphatic rings. The highest BCUT2D eigenvalue weighted by atomic mass is 16.7. The summed E-state index contributed by atoms with van der Waals surface area (Å²) in [5.41, 5.74) is 1.47. The molecular weight excluding hydrogens is 322 g/mol. The van der Waals surface area contributed by atoms with Gasteiger partial charge in [-0.1, -0.05) is 0 Å². The van der Waals surface area contributed by atoms with Crippen LogP contribution in [0, 0.1) is 0 Å². The average Bonchev–Trinajstić information content (AvgIpc) is 3.37. The highest BCUT2D eigenvalue weighted by Gasteiger charge is 2.30. The van der Waals surface area contributed by atoms with E-state index in [-0.39, 0.29) is 12.7 Å². The number of aromatic nitrogens is 1. The van der Waals surface area contributed by atoms with Crippen molar-refractivity contribution in [3.63, 3.8) is 0 Å². The molecule has 1 aromatic heterocycles. The van der Waals surface area contributed by atoms with E-state index in [9.17, 15) is 4.79 Å². The zero-order valence-corrected chi connectivity index (χ0v) is 13.9. The minimum absolute atomic E-state index is 0.0485. The van der Waals surface area contributed by atoms with Gasteiger partial charge in [-0.05, 0) is 44.1 Å². The minimum Gasteiger partial charge on any atom is -0.454 e. The highest BCUT2D eigenvalue weighted by Crippen LogP contribution is 2.34. The second kappa shape index (κ2) is 5.77. The van der Waals surface area contributed by atoms with Crippen LogP contribution < -0.4 is 9.47 Å². The van der Waals surface area contributed by atoms with Crippen molar-refractivity contribution in [1.29, 1.82) is 0 Å². The van der Waals surface area contributed by atoms with Gasteiger partial charge >= 0.3 is 0 Å². The Morgan fingerprint density at radius 3 is 2.80 bits per heavy atom. The van der Waals surface area contributed by atoms with E-state index in [4.69, 9.17) is 13.9 Å². The van der Waals surface area contributed by atoms with Crippen molar-refractivity contribution in [1.82, 2.24) is 14.8 Å². The Balaban J connectivity index is 1.28. The molecule has 1 saturated heterocycles. The number of hydrogen-bond donors (Lipinski definition) is 0. The largest absolute Gasteiger partial charge is 0.454 e. The van der Waals surface area contributed by atoms with E-state index in [1.807, 2.05) is 0 Å². The van der Waals surface area contributed by atoms with E-state index < -0.39 is 0 Å². The standard InChI is InChI=1S/C18H19N3O4/c22-18(12-3-4-14-15(7-12)24-11-23-14)21-8-13-16(9-21)25-17(19-13)10-20-5-1-2-6-20/h3-4,7H,1-2,5-6,8-11H2. The lowest BCUT2D eigenvalue weighted by atomic mass is 10.2. The summed E-state index contributed by atoms with van der Waals surface area (Å²) in [6.45, 7) is 4.16. The van der Waals surface area contributed by atoms with Gasteiger partial charge in [-0.15, -0.1) is 0 Å². The van der Waals surface area contributed by atoms with E-state index in [2.05, 4.69) is 9.88 Å². The van der Waals surface area contributed by atoms with Crippen LogP contribution in [-0.2, 0) is 19.6 Å². The number of carbonyl (C=O) groups is 1. The van der Waals surface area contributed by atoms with Gasteiger partial charge in [0.25, 0.3) is 5.91 Å². The summed E-state index contributed by atoms with van der Waals surface area (Å²) in [4.78, 5) is 21.4. The molecule has 1 aromatic carbocycles. The van der Waals surface area contributed by atoms with E-state index in [1.54, 1.807) is 23.1 Å². The summed E-state index contributed by atoms with van der Waals surface area (Å²) in [6, 6.07) is 5.27. The van der Waals surface area contributed by atoms with Gasteiger partial charge in [0.1, 0.15) is 11.5 Å². The predicted octanol–water partition coefficient (Wildman–Crippen LogP) is 2.16. The van der Waals surface area contributed by atoms with Gasteiger partial charge in [0, 0.05) is 5.56 Å². The van der Waals surface area contributed by atoms with E-state index in [0.29, 0.717) is 30.2 Å². The van der Waals surface area contributed by atoms with E-state index >= 15 is 0 Å². The maximum Gasteiger partial charge on any atom is 0.254 e. The Bertz CT molecular complexity index is 802. The first-order valence-corrected chi connectivity index (χ1v) is 8.65. The lowest BCUT2D eigenvalue weighted by Crippen LogP contribution is -2.25. The molecule has 0 saturated carbocycles. The molecule has 0 spiro atoms. The predicted molar refractivity (Wildman–Crippen MR) is 87.2 cm³/mol. The Labute approximate surface area is 145 Å². The third kappa shape index (κ3) is 2.64. The fourth-order valence-electron chi connectivity index (χ4n) is 3.65.